The van der Waals surface area contributed by atoms with Gasteiger partial charge in [-0.1, -0.05) is 163 Å². The fourth-order valence-electron chi connectivity index (χ4n) is 5.72. The molecule has 0 atom stereocenters. The molecule has 0 saturated heterocycles. The van der Waals surface area contributed by atoms with Gasteiger partial charge in [-0.2, -0.15) is 0 Å². The Balaban J connectivity index is 0.000000155. The first-order chi connectivity index (χ1) is 23.0. The summed E-state index contributed by atoms with van der Waals surface area (Å²) in [6, 6.07) is 38.8. The van der Waals surface area contributed by atoms with Crippen LogP contribution in [-0.4, -0.2) is 7.05 Å². The molecule has 0 saturated carbocycles. The zero-order chi connectivity index (χ0) is 33.4. The van der Waals surface area contributed by atoms with Crippen molar-refractivity contribution in [3.63, 3.8) is 0 Å². The van der Waals surface area contributed by atoms with Crippen molar-refractivity contribution in [2.24, 2.45) is 11.5 Å². The SMILES string of the molecule is CC(/C=C/C=C1/C=CC=CC1)=C\C=C\N.CN.Cc1cc2ccccc2c2ccccc12.Cc1cc2ccccc2c2ccccc12. The molecule has 6 aromatic rings. The zero-order valence-corrected chi connectivity index (χ0v) is 28.0. The van der Waals surface area contributed by atoms with Crippen LogP contribution >= 0.6 is 0 Å². The molecule has 1 aliphatic carbocycles. The Kier molecular flexibility index (Phi) is 13.1. The van der Waals surface area contributed by atoms with Gasteiger partial charge in [0.1, 0.15) is 0 Å². The normalized spacial score (nSPS) is 13.5. The third-order valence-electron chi connectivity index (χ3n) is 8.00. The summed E-state index contributed by atoms with van der Waals surface area (Å²) in [4.78, 5) is 0. The van der Waals surface area contributed by atoms with Crippen LogP contribution in [0.5, 0.6) is 0 Å². The van der Waals surface area contributed by atoms with E-state index in [1.54, 1.807) is 0 Å². The molecule has 2 nitrogen and oxygen atoms in total. The van der Waals surface area contributed by atoms with Crippen LogP contribution in [0.15, 0.2) is 181 Å². The van der Waals surface area contributed by atoms with E-state index in [1.807, 2.05) is 19.1 Å². The molecular weight excluding hydrogens is 569 g/mol. The molecule has 0 fully saturated rings. The standard InChI is InChI=1S/2C15H12.C14H17N.CH5N/c2*1-11-10-12-6-2-3-8-14(12)15-9-5-4-7-13(11)15;1-13(8-6-12-15)7-5-11-14-9-3-2-4-10-14;1-2/h2*2-10H,1H3;2-9,11-12H,10,15H2,1H3;2H2,1H3/b;;7-5+,12-6+,13-8+,14-11-;. The summed E-state index contributed by atoms with van der Waals surface area (Å²) in [5, 5.41) is 10.8. The van der Waals surface area contributed by atoms with Crippen molar-refractivity contribution in [2.45, 2.75) is 27.2 Å². The topological polar surface area (TPSA) is 52.0 Å². The molecule has 47 heavy (non-hydrogen) atoms. The predicted octanol–water partition coefficient (Wildman–Crippen LogP) is 11.6. The number of nitrogens with two attached hydrogens (primary N) is 2. The van der Waals surface area contributed by atoms with Gasteiger partial charge < -0.3 is 11.5 Å². The number of aryl methyl sites for hydroxylation is 2. The number of benzene rings is 6. The molecule has 236 valence electrons. The van der Waals surface area contributed by atoms with Crippen molar-refractivity contribution in [3.8, 4) is 0 Å². The Morgan fingerprint density at radius 3 is 1.53 bits per heavy atom. The number of rotatable bonds is 3. The van der Waals surface area contributed by atoms with Gasteiger partial charge in [0.25, 0.3) is 0 Å². The van der Waals surface area contributed by atoms with E-state index in [1.165, 1.54) is 78.6 Å². The van der Waals surface area contributed by atoms with E-state index < -0.39 is 0 Å². The maximum atomic E-state index is 5.24. The molecule has 1 aliphatic rings. The predicted molar refractivity (Wildman–Crippen MR) is 210 cm³/mol. The number of hydrogen-bond donors (Lipinski definition) is 2. The molecule has 0 radical (unpaired) electrons. The first kappa shape index (κ1) is 34.4. The second kappa shape index (κ2) is 17.9. The summed E-state index contributed by atoms with van der Waals surface area (Å²) in [5.41, 5.74) is 15.0. The van der Waals surface area contributed by atoms with Crippen molar-refractivity contribution in [1.29, 1.82) is 0 Å². The van der Waals surface area contributed by atoms with Gasteiger partial charge in [-0.15, -0.1) is 0 Å². The van der Waals surface area contributed by atoms with Crippen LogP contribution < -0.4 is 11.5 Å². The largest absolute Gasteiger partial charge is 0.405 e. The van der Waals surface area contributed by atoms with E-state index in [0.29, 0.717) is 0 Å². The summed E-state index contributed by atoms with van der Waals surface area (Å²) >= 11 is 0. The van der Waals surface area contributed by atoms with Crippen molar-refractivity contribution >= 4 is 43.1 Å². The Morgan fingerprint density at radius 1 is 0.596 bits per heavy atom. The van der Waals surface area contributed by atoms with E-state index in [2.05, 4.69) is 171 Å². The molecule has 0 bridgehead atoms. The van der Waals surface area contributed by atoms with E-state index in [-0.39, 0.29) is 0 Å². The summed E-state index contributed by atoms with van der Waals surface area (Å²) in [6.45, 7) is 6.40. The van der Waals surface area contributed by atoms with Crippen molar-refractivity contribution in [2.75, 3.05) is 7.05 Å². The fourth-order valence-corrected chi connectivity index (χ4v) is 5.72. The van der Waals surface area contributed by atoms with Crippen LogP contribution in [0.1, 0.15) is 24.5 Å². The van der Waals surface area contributed by atoms with E-state index in [4.69, 9.17) is 5.73 Å². The maximum absolute atomic E-state index is 5.24. The second-order valence-electron chi connectivity index (χ2n) is 11.3. The average Bonchev–Trinajstić information content (AvgIpc) is 3.13. The molecular formula is C45H46N2. The molecule has 0 heterocycles. The lowest BCUT2D eigenvalue weighted by Crippen LogP contribution is -1.81. The van der Waals surface area contributed by atoms with Gasteiger partial charge in [0.15, 0.2) is 0 Å². The number of fused-ring (bicyclic) bond motifs is 6. The van der Waals surface area contributed by atoms with Gasteiger partial charge in [0.05, 0.1) is 0 Å². The van der Waals surface area contributed by atoms with E-state index >= 15 is 0 Å². The van der Waals surface area contributed by atoms with Crippen LogP contribution in [0.3, 0.4) is 0 Å². The van der Waals surface area contributed by atoms with Crippen LogP contribution in [0.2, 0.25) is 0 Å². The van der Waals surface area contributed by atoms with Gasteiger partial charge in [-0.25, -0.2) is 0 Å². The summed E-state index contributed by atoms with van der Waals surface area (Å²) in [6.07, 6.45) is 21.0. The molecule has 2 heteroatoms. The molecule has 6 aromatic carbocycles. The van der Waals surface area contributed by atoms with Crippen LogP contribution in [0.25, 0.3) is 43.1 Å². The van der Waals surface area contributed by atoms with Crippen molar-refractivity contribution in [1.82, 2.24) is 0 Å². The van der Waals surface area contributed by atoms with E-state index in [9.17, 15) is 0 Å². The van der Waals surface area contributed by atoms with Crippen molar-refractivity contribution < 1.29 is 0 Å². The smallest absolute Gasteiger partial charge is 0.00623 e. The molecule has 4 N–H and O–H groups in total. The molecule has 0 unspecified atom stereocenters. The molecule has 0 amide bonds. The average molecular weight is 615 g/mol. The maximum Gasteiger partial charge on any atom is -0.00623 e. The molecule has 7 rings (SSSR count). The highest BCUT2D eigenvalue weighted by atomic mass is 14.5. The first-order valence-electron chi connectivity index (χ1n) is 16.1. The highest BCUT2D eigenvalue weighted by Crippen LogP contribution is 2.29. The Bertz CT molecular complexity index is 2000. The monoisotopic (exact) mass is 614 g/mol. The van der Waals surface area contributed by atoms with Crippen molar-refractivity contribution in [3.05, 3.63) is 192 Å². The van der Waals surface area contributed by atoms with Gasteiger partial charge in [-0.3, -0.25) is 0 Å². The zero-order valence-electron chi connectivity index (χ0n) is 28.0. The minimum Gasteiger partial charge on any atom is -0.405 e. The van der Waals surface area contributed by atoms with Crippen LogP contribution in [0.4, 0.5) is 0 Å². The van der Waals surface area contributed by atoms with Gasteiger partial charge >= 0.3 is 0 Å². The third-order valence-corrected chi connectivity index (χ3v) is 8.00. The van der Waals surface area contributed by atoms with Crippen LogP contribution in [0, 0.1) is 13.8 Å². The lowest BCUT2D eigenvalue weighted by atomic mass is 9.98. The minimum atomic E-state index is 1.02. The minimum absolute atomic E-state index is 1.02. The summed E-state index contributed by atoms with van der Waals surface area (Å²) < 4.78 is 0. The van der Waals surface area contributed by atoms with Gasteiger partial charge in [0, 0.05) is 0 Å². The van der Waals surface area contributed by atoms with Gasteiger partial charge in [-0.05, 0) is 106 Å². The van der Waals surface area contributed by atoms with E-state index in [0.717, 1.165) is 6.42 Å². The molecule has 0 spiro atoms. The number of hydrogen-bond acceptors (Lipinski definition) is 2. The van der Waals surface area contributed by atoms with Crippen LogP contribution in [-0.2, 0) is 0 Å². The summed E-state index contributed by atoms with van der Waals surface area (Å²) in [5.74, 6) is 0. The van der Waals surface area contributed by atoms with Gasteiger partial charge in [0.2, 0.25) is 0 Å². The number of allylic oxidation sites excluding steroid dienone is 11. The quantitative estimate of drug-likeness (QED) is 0.154. The first-order valence-corrected chi connectivity index (χ1v) is 16.1. The summed E-state index contributed by atoms with van der Waals surface area (Å²) in [7, 11) is 1.50. The fraction of sp³-hybridized carbons (Fsp3) is 0.111. The molecule has 0 aromatic heterocycles. The lowest BCUT2D eigenvalue weighted by Gasteiger charge is -2.06. The highest BCUT2D eigenvalue weighted by molar-refractivity contribution is 6.09. The Morgan fingerprint density at radius 2 is 1.06 bits per heavy atom. The Labute approximate surface area is 280 Å². The lowest BCUT2D eigenvalue weighted by molar-refractivity contribution is 1.26. The Hall–Kier alpha value is -5.44. The third kappa shape index (κ3) is 9.29. The second-order valence-corrected chi connectivity index (χ2v) is 11.3. The molecule has 0 aliphatic heterocycles. The highest BCUT2D eigenvalue weighted by Gasteiger charge is 2.03.